The summed E-state index contributed by atoms with van der Waals surface area (Å²) in [5.74, 6) is -0.0184. The molecular formula is C30H32F3N5O4. The van der Waals surface area contributed by atoms with E-state index in [9.17, 15) is 22.8 Å². The fraction of sp³-hybridized carbons (Fsp3) is 0.467. The molecule has 4 heterocycles. The van der Waals surface area contributed by atoms with Gasteiger partial charge < -0.3 is 23.8 Å². The second-order valence-corrected chi connectivity index (χ2v) is 12.4. The lowest BCUT2D eigenvalue weighted by molar-refractivity contribution is -0.138. The second-order valence-electron chi connectivity index (χ2n) is 12.4. The Balaban J connectivity index is 1.27. The monoisotopic (exact) mass is 583 g/mol. The van der Waals surface area contributed by atoms with Crippen molar-refractivity contribution in [2.24, 2.45) is 7.05 Å². The number of anilines is 1. The molecule has 3 aromatic rings. The Bertz CT molecular complexity index is 1550. The molecule has 3 aliphatic heterocycles. The zero-order valence-electron chi connectivity index (χ0n) is 23.9. The van der Waals surface area contributed by atoms with Crippen molar-refractivity contribution in [3.05, 3.63) is 76.4 Å². The fourth-order valence-corrected chi connectivity index (χ4v) is 5.79. The van der Waals surface area contributed by atoms with Crippen molar-refractivity contribution in [3.8, 4) is 0 Å². The van der Waals surface area contributed by atoms with Crippen molar-refractivity contribution in [3.63, 3.8) is 0 Å². The molecule has 9 nitrogen and oxygen atoms in total. The van der Waals surface area contributed by atoms with Crippen LogP contribution in [0.2, 0.25) is 0 Å². The van der Waals surface area contributed by atoms with Gasteiger partial charge >= 0.3 is 12.3 Å². The van der Waals surface area contributed by atoms with Gasteiger partial charge in [0.2, 0.25) is 0 Å². The molecule has 12 heteroatoms. The summed E-state index contributed by atoms with van der Waals surface area (Å²) in [6.07, 6.45) is -2.95. The third-order valence-electron chi connectivity index (χ3n) is 8.20. The van der Waals surface area contributed by atoms with E-state index >= 15 is 0 Å². The number of ether oxygens (including phenoxy) is 2. The number of benzene rings is 2. The van der Waals surface area contributed by atoms with Crippen molar-refractivity contribution >= 4 is 17.7 Å². The van der Waals surface area contributed by atoms with Crippen LogP contribution >= 0.6 is 0 Å². The number of nitrogens with zero attached hydrogens (tertiary/aromatic N) is 5. The number of carbonyl (C=O) groups is 2. The van der Waals surface area contributed by atoms with Gasteiger partial charge in [-0.15, -0.1) is 10.2 Å². The average molecular weight is 584 g/mol. The summed E-state index contributed by atoms with van der Waals surface area (Å²) in [5, 5.41) is 8.16. The van der Waals surface area contributed by atoms with Crippen LogP contribution in [0, 0.1) is 0 Å². The number of fused-ring (bicyclic) bond motifs is 1. The van der Waals surface area contributed by atoms with Crippen molar-refractivity contribution in [2.75, 3.05) is 31.2 Å². The molecule has 0 N–H and O–H groups in total. The smallest absolute Gasteiger partial charge is 0.416 e. The number of hydrogen-bond donors (Lipinski definition) is 0. The minimum Gasteiger partial charge on any atom is -0.444 e. The van der Waals surface area contributed by atoms with Gasteiger partial charge in [0.15, 0.2) is 0 Å². The number of amides is 2. The van der Waals surface area contributed by atoms with Gasteiger partial charge in [0.1, 0.15) is 17.8 Å². The fourth-order valence-electron chi connectivity index (χ4n) is 5.79. The number of carbonyl (C=O) groups excluding carboxylic acids is 2. The van der Waals surface area contributed by atoms with Gasteiger partial charge in [-0.05, 0) is 61.7 Å². The minimum atomic E-state index is -4.64. The molecule has 1 aromatic heterocycles. The SMILES string of the molecule is Cn1cnnc1CC1(c2cccc(N3Cc4c(cc(C5CN(C(=O)OC(C)(C)C)C5)cc4C(F)(F)F)C3=O)c2)COC1. The first-order valence-electron chi connectivity index (χ1n) is 13.8. The summed E-state index contributed by atoms with van der Waals surface area (Å²) in [6.45, 7) is 6.44. The average Bonchev–Trinajstić information content (AvgIpc) is 3.40. The van der Waals surface area contributed by atoms with Crippen molar-refractivity contribution in [2.45, 2.75) is 56.8 Å². The molecule has 0 bridgehead atoms. The van der Waals surface area contributed by atoms with Crippen LogP contribution < -0.4 is 4.90 Å². The molecule has 0 spiro atoms. The van der Waals surface area contributed by atoms with Crippen LogP contribution in [0.3, 0.4) is 0 Å². The molecule has 0 unspecified atom stereocenters. The van der Waals surface area contributed by atoms with E-state index in [1.807, 2.05) is 29.8 Å². The van der Waals surface area contributed by atoms with Gasteiger partial charge in [0, 0.05) is 49.1 Å². The molecule has 222 valence electrons. The third kappa shape index (κ3) is 5.01. The number of likely N-dealkylation sites (tertiary alicyclic amines) is 1. The standard InChI is InChI=1S/C30H32F3N5O4/c1-28(2,3)42-27(40)37-12-19(13-37)18-8-22-23(24(9-18)30(31,32)33)14-38(26(22)39)21-7-5-6-20(10-21)29(15-41-16-29)11-25-35-34-17-36(25)4/h5-10,17,19H,11-16H2,1-4H3. The van der Waals surface area contributed by atoms with E-state index in [1.165, 1.54) is 9.80 Å². The van der Waals surface area contributed by atoms with Crippen LogP contribution in [0.25, 0.3) is 0 Å². The van der Waals surface area contributed by atoms with E-state index < -0.39 is 29.3 Å². The van der Waals surface area contributed by atoms with E-state index in [-0.39, 0.29) is 42.1 Å². The van der Waals surface area contributed by atoms with E-state index in [0.717, 1.165) is 17.5 Å². The zero-order valence-corrected chi connectivity index (χ0v) is 23.9. The maximum atomic E-state index is 14.3. The Morgan fingerprint density at radius 1 is 1.14 bits per heavy atom. The highest BCUT2D eigenvalue weighted by atomic mass is 19.4. The van der Waals surface area contributed by atoms with Gasteiger partial charge in [-0.25, -0.2) is 4.79 Å². The second kappa shape index (κ2) is 9.82. The van der Waals surface area contributed by atoms with Crippen LogP contribution in [0.15, 0.2) is 42.7 Å². The summed E-state index contributed by atoms with van der Waals surface area (Å²) in [7, 11) is 1.87. The van der Waals surface area contributed by atoms with E-state index in [2.05, 4.69) is 10.2 Å². The Morgan fingerprint density at radius 2 is 1.88 bits per heavy atom. The highest BCUT2D eigenvalue weighted by molar-refractivity contribution is 6.10. The number of hydrogen-bond acceptors (Lipinski definition) is 6. The van der Waals surface area contributed by atoms with Gasteiger partial charge in [-0.3, -0.25) is 4.79 Å². The molecular weight excluding hydrogens is 551 g/mol. The van der Waals surface area contributed by atoms with Crippen LogP contribution in [-0.4, -0.2) is 63.6 Å². The van der Waals surface area contributed by atoms with Crippen molar-refractivity contribution in [1.82, 2.24) is 19.7 Å². The molecule has 0 atom stereocenters. The van der Waals surface area contributed by atoms with Crippen molar-refractivity contribution < 1.29 is 32.2 Å². The summed E-state index contributed by atoms with van der Waals surface area (Å²) < 4.78 is 55.7. The van der Waals surface area contributed by atoms with Crippen molar-refractivity contribution in [1.29, 1.82) is 0 Å². The largest absolute Gasteiger partial charge is 0.444 e. The maximum absolute atomic E-state index is 14.3. The molecule has 0 aliphatic carbocycles. The maximum Gasteiger partial charge on any atom is 0.416 e. The lowest BCUT2D eigenvalue weighted by Crippen LogP contribution is -2.50. The number of halogens is 3. The van der Waals surface area contributed by atoms with Crippen LogP contribution in [0.5, 0.6) is 0 Å². The topological polar surface area (TPSA) is 89.8 Å². The Kier molecular flexibility index (Phi) is 6.60. The zero-order chi connectivity index (χ0) is 30.0. The molecule has 42 heavy (non-hydrogen) atoms. The number of rotatable bonds is 5. The van der Waals surface area contributed by atoms with Gasteiger partial charge in [-0.2, -0.15) is 13.2 Å². The molecule has 0 radical (unpaired) electrons. The predicted molar refractivity (Wildman–Crippen MR) is 146 cm³/mol. The normalized spacial score (nSPS) is 18.5. The first-order chi connectivity index (χ1) is 19.7. The van der Waals surface area contributed by atoms with E-state index in [1.54, 1.807) is 39.2 Å². The number of alkyl halides is 3. The molecule has 2 aromatic carbocycles. The van der Waals surface area contributed by atoms with Crippen LogP contribution in [-0.2, 0) is 41.1 Å². The first-order valence-corrected chi connectivity index (χ1v) is 13.8. The summed E-state index contributed by atoms with van der Waals surface area (Å²) in [4.78, 5) is 28.9. The predicted octanol–water partition coefficient (Wildman–Crippen LogP) is 4.84. The molecule has 2 fully saturated rings. The quantitative estimate of drug-likeness (QED) is 0.427. The lowest BCUT2D eigenvalue weighted by atomic mass is 9.75. The summed E-state index contributed by atoms with van der Waals surface area (Å²) >= 11 is 0. The summed E-state index contributed by atoms with van der Waals surface area (Å²) in [6, 6.07) is 10.0. The molecule has 6 rings (SSSR count). The van der Waals surface area contributed by atoms with E-state index in [4.69, 9.17) is 9.47 Å². The Morgan fingerprint density at radius 3 is 2.48 bits per heavy atom. The first kappa shape index (κ1) is 28.2. The summed E-state index contributed by atoms with van der Waals surface area (Å²) in [5.41, 5.74) is -0.0251. The third-order valence-corrected chi connectivity index (χ3v) is 8.20. The van der Waals surface area contributed by atoms with Gasteiger partial charge in [0.25, 0.3) is 5.91 Å². The molecule has 0 saturated carbocycles. The van der Waals surface area contributed by atoms with E-state index in [0.29, 0.717) is 30.9 Å². The minimum absolute atomic E-state index is 0.0363. The number of aryl methyl sites for hydroxylation is 1. The Labute approximate surface area is 241 Å². The Hall–Kier alpha value is -3.93. The van der Waals surface area contributed by atoms with Gasteiger partial charge in [-0.1, -0.05) is 12.1 Å². The molecule has 2 saturated heterocycles. The van der Waals surface area contributed by atoms with Gasteiger partial charge in [0.05, 0.1) is 25.3 Å². The highest BCUT2D eigenvalue weighted by Crippen LogP contribution is 2.43. The van der Waals surface area contributed by atoms with Crippen LogP contribution in [0.4, 0.5) is 23.7 Å². The molecule has 3 aliphatic rings. The highest BCUT2D eigenvalue weighted by Gasteiger charge is 2.44. The number of aromatic nitrogens is 3. The lowest BCUT2D eigenvalue weighted by Gasteiger charge is -2.42. The molecule has 2 amide bonds. The van der Waals surface area contributed by atoms with Crippen LogP contribution in [0.1, 0.15) is 65.1 Å².